The van der Waals surface area contributed by atoms with Gasteiger partial charge in [-0.2, -0.15) is 5.21 Å². The fourth-order valence-corrected chi connectivity index (χ4v) is 3.86. The van der Waals surface area contributed by atoms with Crippen molar-refractivity contribution in [3.8, 4) is 28.3 Å². The molecule has 0 aliphatic heterocycles. The Hall–Kier alpha value is -3.77. The molecule has 0 fully saturated rings. The minimum atomic E-state index is 0.394. The largest absolute Gasteiger partial charge is 0.488 e. The van der Waals surface area contributed by atoms with Crippen LogP contribution in [-0.4, -0.2) is 25.6 Å². The molecule has 0 aliphatic carbocycles. The Bertz CT molecular complexity index is 1370. The Labute approximate surface area is 190 Å². The maximum Gasteiger partial charge on any atom is 0.205 e. The molecule has 0 bridgehead atoms. The van der Waals surface area contributed by atoms with Crippen LogP contribution in [0.4, 0.5) is 0 Å². The first-order valence-electron chi connectivity index (χ1n) is 10.4. The van der Waals surface area contributed by atoms with Crippen molar-refractivity contribution in [1.29, 1.82) is 0 Å². The van der Waals surface area contributed by atoms with Gasteiger partial charge in [0.15, 0.2) is 0 Å². The summed E-state index contributed by atoms with van der Waals surface area (Å²) in [5, 5.41) is 16.3. The highest BCUT2D eigenvalue weighted by Gasteiger charge is 2.13. The van der Waals surface area contributed by atoms with Gasteiger partial charge in [0.2, 0.25) is 5.82 Å². The van der Waals surface area contributed by atoms with Gasteiger partial charge < -0.3 is 4.74 Å². The minimum absolute atomic E-state index is 0.394. The number of aromatic amines is 1. The molecular weight excluding hydrogens is 422 g/mol. The van der Waals surface area contributed by atoms with Crippen LogP contribution in [0.5, 0.6) is 5.75 Å². The van der Waals surface area contributed by atoms with Crippen LogP contribution in [0.15, 0.2) is 72.8 Å². The van der Waals surface area contributed by atoms with Gasteiger partial charge in [0.05, 0.1) is 5.52 Å². The number of H-pyrrole nitrogens is 1. The number of pyridine rings is 1. The van der Waals surface area contributed by atoms with E-state index < -0.39 is 0 Å². The van der Waals surface area contributed by atoms with E-state index in [9.17, 15) is 0 Å². The molecule has 158 valence electrons. The molecule has 0 atom stereocenters. The number of rotatable bonds is 6. The molecule has 0 radical (unpaired) electrons. The third-order valence-electron chi connectivity index (χ3n) is 5.30. The molecule has 1 N–H and O–H groups in total. The lowest BCUT2D eigenvalue weighted by Crippen LogP contribution is -2.00. The van der Waals surface area contributed by atoms with Crippen molar-refractivity contribution in [2.24, 2.45) is 0 Å². The van der Waals surface area contributed by atoms with Crippen molar-refractivity contribution in [2.75, 3.05) is 0 Å². The Morgan fingerprint density at radius 3 is 2.59 bits per heavy atom. The monoisotopic (exact) mass is 441 g/mol. The van der Waals surface area contributed by atoms with Crippen molar-refractivity contribution in [3.63, 3.8) is 0 Å². The van der Waals surface area contributed by atoms with E-state index in [0.29, 0.717) is 17.5 Å². The number of aromatic nitrogens is 5. The predicted molar refractivity (Wildman–Crippen MR) is 126 cm³/mol. The number of fused-ring (bicyclic) bond motifs is 1. The molecule has 0 saturated carbocycles. The number of hydrogen-bond acceptors (Lipinski definition) is 5. The highest BCUT2D eigenvalue weighted by molar-refractivity contribution is 6.31. The molecule has 2 heterocycles. The summed E-state index contributed by atoms with van der Waals surface area (Å²) >= 11 is 6.17. The van der Waals surface area contributed by atoms with Crippen LogP contribution in [0.3, 0.4) is 0 Å². The van der Waals surface area contributed by atoms with Crippen LogP contribution in [0, 0.1) is 0 Å². The van der Waals surface area contributed by atoms with Crippen molar-refractivity contribution < 1.29 is 4.74 Å². The topological polar surface area (TPSA) is 76.6 Å². The number of ether oxygens (including phenoxy) is 1. The van der Waals surface area contributed by atoms with Crippen LogP contribution in [-0.2, 0) is 13.0 Å². The average Bonchev–Trinajstić information content (AvgIpc) is 3.37. The van der Waals surface area contributed by atoms with Gasteiger partial charge in [-0.3, -0.25) is 4.98 Å². The van der Waals surface area contributed by atoms with E-state index in [0.717, 1.165) is 51.0 Å². The van der Waals surface area contributed by atoms with E-state index in [2.05, 4.69) is 56.8 Å². The Morgan fingerprint density at radius 1 is 0.938 bits per heavy atom. The third kappa shape index (κ3) is 4.05. The maximum absolute atomic E-state index is 6.26. The maximum atomic E-state index is 6.26. The average molecular weight is 442 g/mol. The first kappa shape index (κ1) is 20.2. The fraction of sp³-hybridized carbons (Fsp3) is 0.120. The number of aryl methyl sites for hydroxylation is 1. The molecule has 0 saturated heterocycles. The fourth-order valence-electron chi connectivity index (χ4n) is 3.69. The van der Waals surface area contributed by atoms with Gasteiger partial charge in [-0.1, -0.05) is 61.0 Å². The lowest BCUT2D eigenvalue weighted by atomic mass is 9.97. The number of nitrogens with one attached hydrogen (secondary N) is 1. The summed E-state index contributed by atoms with van der Waals surface area (Å²) in [6.07, 6.45) is 0.812. The molecule has 32 heavy (non-hydrogen) atoms. The van der Waals surface area contributed by atoms with E-state index in [1.165, 1.54) is 0 Å². The summed E-state index contributed by atoms with van der Waals surface area (Å²) in [5.41, 5.74) is 5.81. The SMILES string of the molecule is CCc1cc(OCc2ccc(-c3ccccc3)c(-c3nn[nH]n3)c2)c2ccc(Cl)cc2n1. The van der Waals surface area contributed by atoms with Gasteiger partial charge in [0, 0.05) is 27.7 Å². The zero-order chi connectivity index (χ0) is 21.9. The summed E-state index contributed by atoms with van der Waals surface area (Å²) in [7, 11) is 0. The van der Waals surface area contributed by atoms with Gasteiger partial charge in [-0.05, 0) is 52.6 Å². The minimum Gasteiger partial charge on any atom is -0.488 e. The van der Waals surface area contributed by atoms with Crippen LogP contribution >= 0.6 is 11.6 Å². The number of tetrazole rings is 1. The van der Waals surface area contributed by atoms with E-state index in [4.69, 9.17) is 16.3 Å². The summed E-state index contributed by atoms with van der Waals surface area (Å²) in [5.74, 6) is 1.33. The summed E-state index contributed by atoms with van der Waals surface area (Å²) in [6, 6.07) is 24.0. The molecule has 6 nitrogen and oxygen atoms in total. The van der Waals surface area contributed by atoms with Gasteiger partial charge in [0.1, 0.15) is 12.4 Å². The molecule has 2 aromatic heterocycles. The molecule has 0 aliphatic rings. The number of hydrogen-bond donors (Lipinski definition) is 1. The van der Waals surface area contributed by atoms with Gasteiger partial charge >= 0.3 is 0 Å². The molecule has 0 amide bonds. The number of nitrogens with zero attached hydrogens (tertiary/aromatic N) is 4. The third-order valence-corrected chi connectivity index (χ3v) is 5.53. The van der Waals surface area contributed by atoms with Crippen molar-refractivity contribution >= 4 is 22.5 Å². The van der Waals surface area contributed by atoms with Crippen LogP contribution in [0.25, 0.3) is 33.4 Å². The smallest absolute Gasteiger partial charge is 0.205 e. The van der Waals surface area contributed by atoms with Crippen molar-refractivity contribution in [2.45, 2.75) is 20.0 Å². The normalized spacial score (nSPS) is 11.1. The van der Waals surface area contributed by atoms with Crippen LogP contribution in [0.2, 0.25) is 5.02 Å². The predicted octanol–water partition coefficient (Wildman–Crippen LogP) is 5.88. The Kier molecular flexibility index (Phi) is 5.52. The van der Waals surface area contributed by atoms with Gasteiger partial charge in [-0.15, -0.1) is 10.2 Å². The quantitative estimate of drug-likeness (QED) is 0.356. The number of benzene rings is 3. The van der Waals surface area contributed by atoms with Crippen molar-refractivity contribution in [1.82, 2.24) is 25.6 Å². The van der Waals surface area contributed by atoms with Gasteiger partial charge in [-0.25, -0.2) is 0 Å². The molecule has 7 heteroatoms. The zero-order valence-electron chi connectivity index (χ0n) is 17.4. The standard InChI is InChI=1S/C25H20ClN5O/c1-2-19-14-24(21-11-9-18(26)13-23(21)27-19)32-15-16-8-10-20(17-6-4-3-5-7-17)22(12-16)25-28-30-31-29-25/h3-14H,2,15H2,1H3,(H,28,29,30,31). The first-order chi connectivity index (χ1) is 15.7. The molecule has 5 rings (SSSR count). The summed E-state index contributed by atoms with van der Waals surface area (Å²) in [4.78, 5) is 4.67. The zero-order valence-corrected chi connectivity index (χ0v) is 18.2. The van der Waals surface area contributed by atoms with Gasteiger partial charge in [0.25, 0.3) is 0 Å². The van der Waals surface area contributed by atoms with Crippen LogP contribution in [0.1, 0.15) is 18.2 Å². The summed E-state index contributed by atoms with van der Waals surface area (Å²) < 4.78 is 6.26. The van der Waals surface area contributed by atoms with E-state index >= 15 is 0 Å². The molecule has 0 unspecified atom stereocenters. The highest BCUT2D eigenvalue weighted by atomic mass is 35.5. The summed E-state index contributed by atoms with van der Waals surface area (Å²) in [6.45, 7) is 2.47. The second-order valence-corrected chi connectivity index (χ2v) is 7.83. The van der Waals surface area contributed by atoms with E-state index in [1.54, 1.807) is 0 Å². The van der Waals surface area contributed by atoms with Crippen LogP contribution < -0.4 is 4.74 Å². The molecule has 0 spiro atoms. The van der Waals surface area contributed by atoms with Crippen molar-refractivity contribution in [3.05, 3.63) is 89.1 Å². The molecule has 5 aromatic rings. The van der Waals surface area contributed by atoms with E-state index in [1.807, 2.05) is 48.5 Å². The lowest BCUT2D eigenvalue weighted by Gasteiger charge is -2.13. The lowest BCUT2D eigenvalue weighted by molar-refractivity contribution is 0.309. The molecule has 3 aromatic carbocycles. The second-order valence-electron chi connectivity index (χ2n) is 7.40. The molecular formula is C25H20ClN5O. The first-order valence-corrected chi connectivity index (χ1v) is 10.7. The Morgan fingerprint density at radius 2 is 1.81 bits per heavy atom. The Balaban J connectivity index is 1.50. The highest BCUT2D eigenvalue weighted by Crippen LogP contribution is 2.32. The second kappa shape index (κ2) is 8.77. The van der Waals surface area contributed by atoms with E-state index in [-0.39, 0.29) is 0 Å². The number of halogens is 1.